The molecule has 0 spiro atoms. The van der Waals surface area contributed by atoms with Crippen LogP contribution in [0.2, 0.25) is 0 Å². The zero-order valence-corrected chi connectivity index (χ0v) is 17.9. The second-order valence-corrected chi connectivity index (χ2v) is 7.55. The summed E-state index contributed by atoms with van der Waals surface area (Å²) in [5.74, 6) is 0.761. The van der Waals surface area contributed by atoms with Crippen LogP contribution in [0.4, 0.5) is 13.2 Å². The van der Waals surface area contributed by atoms with Crippen molar-refractivity contribution in [2.45, 2.75) is 32.7 Å². The van der Waals surface area contributed by atoms with Crippen molar-refractivity contribution in [1.82, 2.24) is 29.5 Å². The van der Waals surface area contributed by atoms with Crippen molar-refractivity contribution in [3.63, 3.8) is 0 Å². The topological polar surface area (TPSA) is 90.9 Å². The van der Waals surface area contributed by atoms with Crippen LogP contribution < -0.4 is 4.74 Å². The number of nitrogens with zero attached hydrogens (tertiary/aromatic N) is 6. The van der Waals surface area contributed by atoms with Gasteiger partial charge in [-0.15, -0.1) is 18.3 Å². The molecule has 4 rings (SSSR count). The van der Waals surface area contributed by atoms with Crippen molar-refractivity contribution in [1.29, 1.82) is 0 Å². The summed E-state index contributed by atoms with van der Waals surface area (Å²) in [4.78, 5) is 9.13. The summed E-state index contributed by atoms with van der Waals surface area (Å²) in [6.07, 6.45) is 0.209. The van der Waals surface area contributed by atoms with Crippen LogP contribution in [-0.2, 0) is 6.54 Å². The fourth-order valence-corrected chi connectivity index (χ4v) is 3.17. The molecular formula is C22H21F3N6O2. The van der Waals surface area contributed by atoms with Crippen molar-refractivity contribution in [2.24, 2.45) is 0 Å². The molecule has 0 fully saturated rings. The van der Waals surface area contributed by atoms with Gasteiger partial charge in [0.1, 0.15) is 5.75 Å². The van der Waals surface area contributed by atoms with Crippen molar-refractivity contribution in [2.75, 3.05) is 6.61 Å². The number of alkyl halides is 3. The Morgan fingerprint density at radius 1 is 1.03 bits per heavy atom. The molecule has 0 atom stereocenters. The number of aromatic nitrogens is 6. The minimum absolute atomic E-state index is 0.0611. The second kappa shape index (κ2) is 9.02. The van der Waals surface area contributed by atoms with Gasteiger partial charge in [-0.3, -0.25) is 9.67 Å². The Labute approximate surface area is 187 Å². The molecule has 0 aliphatic rings. The number of aliphatic hydroxyl groups excluding tert-OH is 1. The van der Waals surface area contributed by atoms with Crippen molar-refractivity contribution >= 4 is 0 Å². The van der Waals surface area contributed by atoms with Gasteiger partial charge in [-0.05, 0) is 42.3 Å². The average Bonchev–Trinajstić information content (AvgIpc) is 3.41. The van der Waals surface area contributed by atoms with Gasteiger partial charge in [0.2, 0.25) is 0 Å². The van der Waals surface area contributed by atoms with Gasteiger partial charge in [-0.1, -0.05) is 13.8 Å². The van der Waals surface area contributed by atoms with Crippen LogP contribution in [-0.4, -0.2) is 47.6 Å². The minimum atomic E-state index is -4.77. The molecule has 0 saturated carbocycles. The van der Waals surface area contributed by atoms with Gasteiger partial charge in [0.25, 0.3) is 0 Å². The third-order valence-corrected chi connectivity index (χ3v) is 4.78. The lowest BCUT2D eigenvalue weighted by Crippen LogP contribution is -2.17. The van der Waals surface area contributed by atoms with Crippen LogP contribution in [0.5, 0.6) is 5.75 Å². The average molecular weight is 458 g/mol. The largest absolute Gasteiger partial charge is 0.573 e. The van der Waals surface area contributed by atoms with E-state index in [9.17, 15) is 13.2 Å². The van der Waals surface area contributed by atoms with E-state index in [2.05, 4.69) is 24.9 Å². The second-order valence-electron chi connectivity index (χ2n) is 7.55. The molecular weight excluding hydrogens is 437 g/mol. The quantitative estimate of drug-likeness (QED) is 0.446. The molecule has 0 aliphatic carbocycles. The van der Waals surface area contributed by atoms with E-state index in [4.69, 9.17) is 5.11 Å². The van der Waals surface area contributed by atoms with Crippen LogP contribution in [0.25, 0.3) is 28.5 Å². The Bertz CT molecular complexity index is 1210. The summed E-state index contributed by atoms with van der Waals surface area (Å²) in [7, 11) is 0. The highest BCUT2D eigenvalue weighted by atomic mass is 19.4. The highest BCUT2D eigenvalue weighted by Gasteiger charge is 2.31. The first-order chi connectivity index (χ1) is 15.7. The zero-order valence-electron chi connectivity index (χ0n) is 17.9. The molecule has 0 saturated heterocycles. The Morgan fingerprint density at radius 2 is 1.79 bits per heavy atom. The Hall–Kier alpha value is -3.73. The molecule has 172 valence electrons. The fourth-order valence-electron chi connectivity index (χ4n) is 3.17. The van der Waals surface area contributed by atoms with Crippen molar-refractivity contribution in [3.05, 3.63) is 60.7 Å². The maximum atomic E-state index is 12.5. The van der Waals surface area contributed by atoms with Gasteiger partial charge >= 0.3 is 6.36 Å². The van der Waals surface area contributed by atoms with Crippen LogP contribution >= 0.6 is 0 Å². The van der Waals surface area contributed by atoms with Crippen LogP contribution in [0, 0.1) is 0 Å². The summed E-state index contributed by atoms with van der Waals surface area (Å²) >= 11 is 0. The lowest BCUT2D eigenvalue weighted by molar-refractivity contribution is -0.274. The third kappa shape index (κ3) is 5.20. The molecule has 0 aliphatic heterocycles. The van der Waals surface area contributed by atoms with Gasteiger partial charge in [-0.2, -0.15) is 5.10 Å². The molecule has 0 amide bonds. The predicted molar refractivity (Wildman–Crippen MR) is 114 cm³/mol. The molecule has 3 aromatic heterocycles. The number of pyridine rings is 1. The monoisotopic (exact) mass is 458 g/mol. The third-order valence-electron chi connectivity index (χ3n) is 4.78. The standard InChI is InChI=1S/C22H21F3N6O2/c1-14(2)19-8-3-15(11-26-19)21-28-20(16-12-27-30(13-16)9-10-32)29-31(21)17-4-6-18(7-5-17)33-22(23,24)25/h3-8,11-14,32H,9-10H2,1-2H3. The molecule has 0 bridgehead atoms. The molecule has 8 nitrogen and oxygen atoms in total. The van der Waals surface area contributed by atoms with Crippen LogP contribution in [0.1, 0.15) is 25.5 Å². The van der Waals surface area contributed by atoms with Gasteiger partial charge in [0, 0.05) is 23.7 Å². The number of hydrogen-bond acceptors (Lipinski definition) is 6. The molecule has 4 aromatic rings. The Balaban J connectivity index is 1.76. The molecule has 3 heterocycles. The Kier molecular flexibility index (Phi) is 6.14. The summed E-state index contributed by atoms with van der Waals surface area (Å²) in [5, 5.41) is 17.9. The van der Waals surface area contributed by atoms with Gasteiger partial charge in [0.15, 0.2) is 11.6 Å². The lowest BCUT2D eigenvalue weighted by atomic mass is 10.1. The molecule has 1 aromatic carbocycles. The smallest absolute Gasteiger partial charge is 0.406 e. The highest BCUT2D eigenvalue weighted by molar-refractivity contribution is 5.62. The number of rotatable bonds is 7. The molecule has 33 heavy (non-hydrogen) atoms. The summed E-state index contributed by atoms with van der Waals surface area (Å²) in [5.41, 5.74) is 2.74. The lowest BCUT2D eigenvalue weighted by Gasteiger charge is -2.10. The number of benzene rings is 1. The number of ether oxygens (including phenoxy) is 1. The summed E-state index contributed by atoms with van der Waals surface area (Å²) < 4.78 is 44.6. The van der Waals surface area contributed by atoms with E-state index in [1.807, 2.05) is 26.0 Å². The highest BCUT2D eigenvalue weighted by Crippen LogP contribution is 2.28. The van der Waals surface area contributed by atoms with E-state index < -0.39 is 6.36 Å². The zero-order chi connectivity index (χ0) is 23.6. The molecule has 1 N–H and O–H groups in total. The summed E-state index contributed by atoms with van der Waals surface area (Å²) in [6.45, 7) is 4.34. The first-order valence-corrected chi connectivity index (χ1v) is 10.2. The number of halogens is 3. The summed E-state index contributed by atoms with van der Waals surface area (Å²) in [6, 6.07) is 9.14. The SMILES string of the molecule is CC(C)c1ccc(-c2nc(-c3cnn(CCO)c3)nn2-c2ccc(OC(F)(F)F)cc2)cn1. The van der Waals surface area contributed by atoms with E-state index in [0.29, 0.717) is 35.0 Å². The normalized spacial score (nSPS) is 11.8. The van der Waals surface area contributed by atoms with E-state index in [1.165, 1.54) is 28.9 Å². The van der Waals surface area contributed by atoms with Crippen molar-refractivity contribution < 1.29 is 23.0 Å². The first kappa shape index (κ1) is 22.5. The van der Waals surface area contributed by atoms with Crippen molar-refractivity contribution in [3.8, 4) is 34.2 Å². The number of hydrogen-bond donors (Lipinski definition) is 1. The first-order valence-electron chi connectivity index (χ1n) is 10.2. The maximum absolute atomic E-state index is 12.5. The molecule has 11 heteroatoms. The van der Waals surface area contributed by atoms with E-state index >= 15 is 0 Å². The van der Waals surface area contributed by atoms with Crippen LogP contribution in [0.3, 0.4) is 0 Å². The predicted octanol–water partition coefficient (Wildman–Crippen LogP) is 4.21. The van der Waals surface area contributed by atoms with E-state index in [-0.39, 0.29) is 18.3 Å². The fraction of sp³-hybridized carbons (Fsp3) is 0.273. The molecule has 0 unspecified atom stereocenters. The van der Waals surface area contributed by atoms with E-state index in [1.54, 1.807) is 23.3 Å². The Morgan fingerprint density at radius 3 is 2.39 bits per heavy atom. The van der Waals surface area contributed by atoms with E-state index in [0.717, 1.165) is 5.69 Å². The maximum Gasteiger partial charge on any atom is 0.573 e. The number of aliphatic hydroxyl groups is 1. The van der Waals surface area contributed by atoms with Gasteiger partial charge < -0.3 is 9.84 Å². The van der Waals surface area contributed by atoms with Gasteiger partial charge in [-0.25, -0.2) is 9.67 Å². The minimum Gasteiger partial charge on any atom is -0.406 e. The van der Waals surface area contributed by atoms with Crippen LogP contribution in [0.15, 0.2) is 55.0 Å². The van der Waals surface area contributed by atoms with Gasteiger partial charge in [0.05, 0.1) is 30.6 Å². The molecule has 0 radical (unpaired) electrons.